The maximum absolute atomic E-state index is 13.8. The zero-order chi connectivity index (χ0) is 22.9. The van der Waals surface area contributed by atoms with Gasteiger partial charge in [-0.25, -0.2) is 4.79 Å². The van der Waals surface area contributed by atoms with E-state index in [9.17, 15) is 19.2 Å². The number of carbonyl (C=O) groups is 4. The van der Waals surface area contributed by atoms with Gasteiger partial charge in [-0.1, -0.05) is 54.6 Å². The Morgan fingerprint density at radius 2 is 1.53 bits per heavy atom. The quantitative estimate of drug-likeness (QED) is 0.527. The first-order valence-electron chi connectivity index (χ1n) is 10.4. The van der Waals surface area contributed by atoms with E-state index in [1.54, 1.807) is 61.5 Å². The van der Waals surface area contributed by atoms with E-state index in [1.807, 2.05) is 6.07 Å². The second kappa shape index (κ2) is 8.38. The standard InChI is InChI=1S/C26H22O6/c1-3-32-21(27)14-17-13-18(25(30)31-2)15-26(22(17)16-9-5-4-6-10-16)23(28)19-11-7-8-12-20(19)24(26)29/h4-13H,3,14-15H2,1-2H3. The van der Waals surface area contributed by atoms with Crippen LogP contribution in [-0.2, 0) is 19.1 Å². The average Bonchev–Trinajstić information content (AvgIpc) is 3.01. The molecule has 0 heterocycles. The van der Waals surface area contributed by atoms with Crippen LogP contribution in [0.4, 0.5) is 0 Å². The largest absolute Gasteiger partial charge is 0.466 e. The van der Waals surface area contributed by atoms with Gasteiger partial charge in [0.2, 0.25) is 0 Å². The molecule has 6 heteroatoms. The van der Waals surface area contributed by atoms with Gasteiger partial charge in [-0.15, -0.1) is 0 Å². The van der Waals surface area contributed by atoms with Gasteiger partial charge in [-0.3, -0.25) is 14.4 Å². The maximum Gasteiger partial charge on any atom is 0.333 e. The van der Waals surface area contributed by atoms with Crippen molar-refractivity contribution in [1.82, 2.24) is 0 Å². The summed E-state index contributed by atoms with van der Waals surface area (Å²) >= 11 is 0. The van der Waals surface area contributed by atoms with Crippen LogP contribution in [-0.4, -0.2) is 37.2 Å². The fourth-order valence-electron chi connectivity index (χ4n) is 4.62. The molecule has 0 unspecified atom stereocenters. The van der Waals surface area contributed by atoms with Crippen LogP contribution in [0.15, 0.2) is 71.8 Å². The summed E-state index contributed by atoms with van der Waals surface area (Å²) < 4.78 is 10.0. The fraction of sp³-hybridized carbons (Fsp3) is 0.231. The highest BCUT2D eigenvalue weighted by Crippen LogP contribution is 2.54. The summed E-state index contributed by atoms with van der Waals surface area (Å²) in [6, 6.07) is 15.7. The molecule has 0 atom stereocenters. The SMILES string of the molecule is CCOC(=O)CC1=C(c2ccccc2)C2(CC(C(=O)OC)=C1)C(=O)c1ccccc1C2=O. The lowest BCUT2D eigenvalue weighted by Gasteiger charge is -2.35. The summed E-state index contributed by atoms with van der Waals surface area (Å²) in [5.74, 6) is -1.92. The minimum atomic E-state index is -1.65. The summed E-state index contributed by atoms with van der Waals surface area (Å²) in [6.07, 6.45) is 1.24. The van der Waals surface area contributed by atoms with Crippen LogP contribution in [0.1, 0.15) is 46.0 Å². The van der Waals surface area contributed by atoms with E-state index >= 15 is 0 Å². The molecule has 162 valence electrons. The van der Waals surface area contributed by atoms with E-state index in [1.165, 1.54) is 7.11 Å². The number of hydrogen-bond acceptors (Lipinski definition) is 6. The highest BCUT2D eigenvalue weighted by molar-refractivity contribution is 6.36. The Morgan fingerprint density at radius 1 is 0.938 bits per heavy atom. The highest BCUT2D eigenvalue weighted by atomic mass is 16.5. The molecule has 0 aliphatic heterocycles. The third kappa shape index (κ3) is 3.28. The average molecular weight is 430 g/mol. The van der Waals surface area contributed by atoms with Crippen LogP contribution in [0.2, 0.25) is 0 Å². The van der Waals surface area contributed by atoms with Crippen molar-refractivity contribution in [3.05, 3.63) is 88.5 Å². The van der Waals surface area contributed by atoms with Gasteiger partial charge in [0.05, 0.1) is 20.1 Å². The molecule has 6 nitrogen and oxygen atoms in total. The second-order valence-corrected chi connectivity index (χ2v) is 7.70. The van der Waals surface area contributed by atoms with Crippen LogP contribution in [0.25, 0.3) is 5.57 Å². The Bertz CT molecular complexity index is 1150. The topological polar surface area (TPSA) is 86.7 Å². The highest BCUT2D eigenvalue weighted by Gasteiger charge is 2.58. The predicted octanol–water partition coefficient (Wildman–Crippen LogP) is 3.96. The summed E-state index contributed by atoms with van der Waals surface area (Å²) in [4.78, 5) is 52.7. The zero-order valence-electron chi connectivity index (χ0n) is 17.8. The number of ether oxygens (including phenoxy) is 2. The zero-order valence-corrected chi connectivity index (χ0v) is 17.8. The van der Waals surface area contributed by atoms with Crippen molar-refractivity contribution in [2.24, 2.45) is 5.41 Å². The van der Waals surface area contributed by atoms with E-state index in [4.69, 9.17) is 9.47 Å². The Labute approximate surface area is 185 Å². The lowest BCUT2D eigenvalue weighted by Crippen LogP contribution is -2.39. The molecule has 32 heavy (non-hydrogen) atoms. The van der Waals surface area contributed by atoms with Gasteiger partial charge in [0.15, 0.2) is 11.6 Å². The van der Waals surface area contributed by atoms with Crippen molar-refractivity contribution in [2.45, 2.75) is 19.8 Å². The summed E-state index contributed by atoms with van der Waals surface area (Å²) in [5, 5.41) is 0. The molecule has 1 spiro atoms. The number of Topliss-reactive ketones (excluding diaryl/α,β-unsaturated/α-hetero) is 2. The molecule has 0 aromatic heterocycles. The van der Waals surface area contributed by atoms with E-state index < -0.39 is 17.4 Å². The van der Waals surface area contributed by atoms with Crippen molar-refractivity contribution < 1.29 is 28.7 Å². The smallest absolute Gasteiger partial charge is 0.333 e. The Hall–Kier alpha value is -3.80. The van der Waals surface area contributed by atoms with Gasteiger partial charge in [-0.05, 0) is 29.7 Å². The minimum Gasteiger partial charge on any atom is -0.466 e. The number of benzene rings is 2. The number of allylic oxidation sites excluding steroid dienone is 2. The van der Waals surface area contributed by atoms with Crippen molar-refractivity contribution in [3.8, 4) is 0 Å². The molecule has 2 aromatic carbocycles. The van der Waals surface area contributed by atoms with E-state index in [0.29, 0.717) is 27.8 Å². The Morgan fingerprint density at radius 3 is 2.09 bits per heavy atom. The van der Waals surface area contributed by atoms with Crippen LogP contribution in [0.3, 0.4) is 0 Å². The molecular formula is C26H22O6. The first-order chi connectivity index (χ1) is 15.4. The van der Waals surface area contributed by atoms with Gasteiger partial charge >= 0.3 is 11.9 Å². The third-order valence-electron chi connectivity index (χ3n) is 5.89. The number of rotatable bonds is 5. The molecule has 0 saturated heterocycles. The predicted molar refractivity (Wildman–Crippen MR) is 117 cm³/mol. The normalized spacial score (nSPS) is 16.6. The Balaban J connectivity index is 2.02. The number of fused-ring (bicyclic) bond motifs is 1. The van der Waals surface area contributed by atoms with Crippen molar-refractivity contribution in [2.75, 3.05) is 13.7 Å². The molecule has 0 amide bonds. The number of ketones is 2. The molecule has 0 fully saturated rings. The molecule has 0 radical (unpaired) electrons. The fourth-order valence-corrected chi connectivity index (χ4v) is 4.62. The summed E-state index contributed by atoms with van der Waals surface area (Å²) in [6.45, 7) is 1.89. The molecule has 0 saturated carbocycles. The summed E-state index contributed by atoms with van der Waals surface area (Å²) in [5.41, 5.74) is 0.619. The third-order valence-corrected chi connectivity index (χ3v) is 5.89. The first kappa shape index (κ1) is 21.4. The maximum atomic E-state index is 13.8. The molecule has 2 aliphatic rings. The molecule has 4 rings (SSSR count). The van der Waals surface area contributed by atoms with Crippen LogP contribution < -0.4 is 0 Å². The lowest BCUT2D eigenvalue weighted by atomic mass is 9.64. The second-order valence-electron chi connectivity index (χ2n) is 7.70. The number of methoxy groups -OCH3 is 1. The molecule has 2 aromatic rings. The number of hydrogen-bond donors (Lipinski definition) is 0. The van der Waals surface area contributed by atoms with Gasteiger partial charge in [0, 0.05) is 23.1 Å². The number of esters is 2. The van der Waals surface area contributed by atoms with Gasteiger partial charge in [-0.2, -0.15) is 0 Å². The monoisotopic (exact) mass is 430 g/mol. The molecule has 0 bridgehead atoms. The van der Waals surface area contributed by atoms with Gasteiger partial charge in [0.1, 0.15) is 5.41 Å². The Kier molecular flexibility index (Phi) is 5.61. The molecule has 2 aliphatic carbocycles. The van der Waals surface area contributed by atoms with Crippen molar-refractivity contribution in [3.63, 3.8) is 0 Å². The van der Waals surface area contributed by atoms with E-state index in [2.05, 4.69) is 0 Å². The lowest BCUT2D eigenvalue weighted by molar-refractivity contribution is -0.142. The van der Waals surface area contributed by atoms with Gasteiger partial charge in [0.25, 0.3) is 0 Å². The van der Waals surface area contributed by atoms with Crippen LogP contribution in [0, 0.1) is 5.41 Å². The van der Waals surface area contributed by atoms with Gasteiger partial charge < -0.3 is 9.47 Å². The number of carbonyl (C=O) groups excluding carboxylic acids is 4. The van der Waals surface area contributed by atoms with E-state index in [-0.39, 0.29) is 36.6 Å². The first-order valence-corrected chi connectivity index (χ1v) is 10.4. The minimum absolute atomic E-state index is 0.136. The molecule has 0 N–H and O–H groups in total. The summed E-state index contributed by atoms with van der Waals surface area (Å²) in [7, 11) is 1.24. The van der Waals surface area contributed by atoms with E-state index in [0.717, 1.165) is 0 Å². The van der Waals surface area contributed by atoms with Crippen LogP contribution in [0.5, 0.6) is 0 Å². The van der Waals surface area contributed by atoms with Crippen LogP contribution >= 0.6 is 0 Å². The van der Waals surface area contributed by atoms with Crippen molar-refractivity contribution in [1.29, 1.82) is 0 Å². The van der Waals surface area contributed by atoms with Crippen molar-refractivity contribution >= 4 is 29.1 Å². The molecular weight excluding hydrogens is 408 g/mol.